The SMILES string of the molecule is C=CCBr.C=CCC(C#N)(C(=O)OCC)C1CC(C)(C)CC(C)(C)C1.C=CCC(CC)C1(C)CC(C)(C)CC(C)(C)C1.CCOC(=O)C(C#N)=C1CC(C)(C)CC(C)(C)C1.CCOC(=O)C(C#N)C1CC(C)(C)CC(C)(C)C1.[CH3-].[I-].[Mg+2]. The second-order valence-corrected chi connectivity index (χ2v) is 30.8. The van der Waals surface area contributed by atoms with E-state index in [2.05, 4.69) is 179 Å². The van der Waals surface area contributed by atoms with Gasteiger partial charge in [-0.25, -0.2) is 4.79 Å². The van der Waals surface area contributed by atoms with Crippen LogP contribution in [0.4, 0.5) is 0 Å². The van der Waals surface area contributed by atoms with Crippen molar-refractivity contribution in [3.8, 4) is 18.2 Å². The van der Waals surface area contributed by atoms with E-state index in [0.29, 0.717) is 42.5 Å². The summed E-state index contributed by atoms with van der Waals surface area (Å²) < 4.78 is 15.2. The second kappa shape index (κ2) is 36.1. The summed E-state index contributed by atoms with van der Waals surface area (Å²) in [5.41, 5.74) is 2.45. The third-order valence-corrected chi connectivity index (χ3v) is 16.8. The first-order chi connectivity index (χ1) is 35.6. The number of rotatable bonds is 15. The Hall–Kier alpha value is -2.18. The third kappa shape index (κ3) is 29.2. The summed E-state index contributed by atoms with van der Waals surface area (Å²) in [5, 5.41) is 29.2. The van der Waals surface area contributed by atoms with Crippen molar-refractivity contribution in [2.75, 3.05) is 25.2 Å². The fraction of sp³-hybridized carbons (Fsp3) is 0.783. The molecule has 0 aromatic carbocycles. The predicted molar refractivity (Wildman–Crippen MR) is 340 cm³/mol. The van der Waals surface area contributed by atoms with Crippen molar-refractivity contribution in [1.82, 2.24) is 0 Å². The maximum absolute atomic E-state index is 12.5. The fourth-order valence-electron chi connectivity index (χ4n) is 16.4. The first kappa shape index (κ1) is 85.3. The number of carbonyl (C=O) groups is 3. The van der Waals surface area contributed by atoms with Crippen LogP contribution in [0.3, 0.4) is 0 Å². The fourth-order valence-corrected chi connectivity index (χ4v) is 16.4. The van der Waals surface area contributed by atoms with E-state index < -0.39 is 17.3 Å². The van der Waals surface area contributed by atoms with Gasteiger partial charge in [-0.3, -0.25) is 9.59 Å². The van der Waals surface area contributed by atoms with Gasteiger partial charge in [0.25, 0.3) is 0 Å². The van der Waals surface area contributed by atoms with Gasteiger partial charge in [-0.1, -0.05) is 165 Å². The van der Waals surface area contributed by atoms with E-state index in [1.165, 1.54) is 32.1 Å². The minimum atomic E-state index is -1.09. The zero-order chi connectivity index (χ0) is 61.0. The van der Waals surface area contributed by atoms with Crippen molar-refractivity contribution in [2.24, 2.45) is 77.8 Å². The molecule has 0 amide bonds. The molecule has 460 valence electrons. The summed E-state index contributed by atoms with van der Waals surface area (Å²) in [5.74, 6) is -0.873. The molecule has 0 heterocycles. The van der Waals surface area contributed by atoms with Crippen LogP contribution in [-0.4, -0.2) is 66.1 Å². The van der Waals surface area contributed by atoms with Gasteiger partial charge in [-0.05, 0) is 183 Å². The topological polar surface area (TPSA) is 150 Å². The summed E-state index contributed by atoms with van der Waals surface area (Å²) in [6.45, 7) is 58.6. The smallest absolute Gasteiger partial charge is 1.00 e. The monoisotopic (exact) mass is 1310 g/mol. The van der Waals surface area contributed by atoms with Crippen LogP contribution in [0.2, 0.25) is 0 Å². The van der Waals surface area contributed by atoms with E-state index in [4.69, 9.17) is 14.2 Å². The van der Waals surface area contributed by atoms with Gasteiger partial charge in [0.05, 0.1) is 32.0 Å². The molecule has 9 nitrogen and oxygen atoms in total. The Labute approximate surface area is 540 Å². The molecule has 3 atom stereocenters. The molecule has 4 saturated carbocycles. The summed E-state index contributed by atoms with van der Waals surface area (Å²) in [6.07, 6.45) is 21.1. The van der Waals surface area contributed by atoms with E-state index in [9.17, 15) is 30.2 Å². The van der Waals surface area contributed by atoms with Crippen LogP contribution in [-0.2, 0) is 28.6 Å². The van der Waals surface area contributed by atoms with Gasteiger partial charge in [-0.15, -0.1) is 19.7 Å². The summed E-state index contributed by atoms with van der Waals surface area (Å²) in [4.78, 5) is 36.2. The number of halogens is 2. The van der Waals surface area contributed by atoms with E-state index >= 15 is 0 Å². The number of carbonyl (C=O) groups excluding carboxylic acids is 3. The average molecular weight is 1320 g/mol. The number of hydrogen-bond acceptors (Lipinski definition) is 9. The Morgan fingerprint density at radius 2 is 1.01 bits per heavy atom. The molecular formula is C69H117BrIMgN3O6. The molecule has 0 spiro atoms. The number of ether oxygens (including phenoxy) is 3. The Morgan fingerprint density at radius 1 is 0.617 bits per heavy atom. The normalized spacial score (nSPS) is 22.2. The van der Waals surface area contributed by atoms with E-state index in [-0.39, 0.29) is 116 Å². The quantitative estimate of drug-likeness (QED) is 0.0180. The molecule has 0 bridgehead atoms. The van der Waals surface area contributed by atoms with Crippen LogP contribution in [0.1, 0.15) is 242 Å². The molecule has 0 aliphatic heterocycles. The Morgan fingerprint density at radius 3 is 1.35 bits per heavy atom. The molecule has 4 rings (SSSR count). The van der Waals surface area contributed by atoms with Crippen LogP contribution in [0.25, 0.3) is 0 Å². The van der Waals surface area contributed by atoms with Crippen LogP contribution >= 0.6 is 15.9 Å². The largest absolute Gasteiger partial charge is 2.00 e. The maximum atomic E-state index is 12.5. The zero-order valence-electron chi connectivity index (χ0n) is 55.9. The number of hydrogen-bond donors (Lipinski definition) is 0. The predicted octanol–water partition coefficient (Wildman–Crippen LogP) is 16.1. The number of nitrogens with zero attached hydrogens (tertiary/aromatic N) is 3. The minimum Gasteiger partial charge on any atom is -1.00 e. The first-order valence-corrected chi connectivity index (χ1v) is 30.5. The van der Waals surface area contributed by atoms with Crippen LogP contribution < -0.4 is 24.0 Å². The van der Waals surface area contributed by atoms with E-state index in [1.807, 2.05) is 6.07 Å². The average Bonchev–Trinajstić information content (AvgIpc) is 3.24. The van der Waals surface area contributed by atoms with Gasteiger partial charge in [0, 0.05) is 5.33 Å². The van der Waals surface area contributed by atoms with Crippen molar-refractivity contribution in [3.63, 3.8) is 0 Å². The van der Waals surface area contributed by atoms with Crippen LogP contribution in [0.5, 0.6) is 0 Å². The van der Waals surface area contributed by atoms with E-state index in [1.54, 1.807) is 32.9 Å². The van der Waals surface area contributed by atoms with Crippen LogP contribution in [0, 0.1) is 119 Å². The molecule has 4 aliphatic rings. The molecule has 12 heteroatoms. The maximum Gasteiger partial charge on any atom is 2.00 e. The van der Waals surface area contributed by atoms with Crippen LogP contribution in [0.15, 0.2) is 49.1 Å². The third-order valence-electron chi connectivity index (χ3n) is 16.3. The van der Waals surface area contributed by atoms with Gasteiger partial charge in [0.2, 0.25) is 0 Å². The van der Waals surface area contributed by atoms with Gasteiger partial charge in [0.15, 0.2) is 5.41 Å². The molecule has 4 fully saturated rings. The van der Waals surface area contributed by atoms with Crippen molar-refractivity contribution in [2.45, 2.75) is 242 Å². The van der Waals surface area contributed by atoms with Gasteiger partial charge in [0.1, 0.15) is 17.6 Å². The van der Waals surface area contributed by atoms with Gasteiger partial charge >= 0.3 is 41.0 Å². The molecule has 4 aliphatic carbocycles. The summed E-state index contributed by atoms with van der Waals surface area (Å²) in [7, 11) is 0. The summed E-state index contributed by atoms with van der Waals surface area (Å²) >= 11 is 3.13. The Bertz CT molecular complexity index is 2090. The standard InChI is InChI=1S/C18H29NO2.C17H32.C15H25NO2.C15H23NO2.C3H5Br.CH3.HI.Mg/c1-7-9-18(13-19,15(20)21-8-2)14-10-16(3,4)12-17(5,6)11-14;1-8-10-14(9-2)17(7)12-15(3,4)11-16(5,6)13-17;2*1-6-18-13(17)12(9-16)11-7-14(2,3)10-15(4,5)8-11;1-2-3-4;;;/h7,14H,1,8-12H2,2-6H3;8,14H,1,9-13H2,2-7H3;11-12H,6-8,10H2,1-5H3;6-8,10H2,1-5H3;2H,1,3H2;1H3;1H;/q;;;;;-1;;+2/p-1. The minimum absolute atomic E-state index is 0. The number of esters is 3. The number of alkyl halides is 1. The molecule has 0 aromatic rings. The van der Waals surface area contributed by atoms with Crippen molar-refractivity contribution < 1.29 is 52.6 Å². The van der Waals surface area contributed by atoms with Gasteiger partial charge < -0.3 is 45.6 Å². The molecule has 0 saturated heterocycles. The number of allylic oxidation sites excluding steroid dienone is 4. The molecule has 0 radical (unpaired) electrons. The second-order valence-electron chi connectivity index (χ2n) is 30.2. The van der Waals surface area contributed by atoms with E-state index in [0.717, 1.165) is 74.6 Å². The number of nitriles is 3. The first-order valence-electron chi connectivity index (χ1n) is 29.4. The Kier molecular flexibility index (Phi) is 38.0. The van der Waals surface area contributed by atoms with Crippen molar-refractivity contribution >= 4 is 56.9 Å². The Balaban J connectivity index is -0.000000472. The molecule has 0 aromatic heterocycles. The molecule has 0 N–H and O–H groups in total. The molecule has 81 heavy (non-hydrogen) atoms. The summed E-state index contributed by atoms with van der Waals surface area (Å²) in [6, 6.07) is 6.49. The van der Waals surface area contributed by atoms with Gasteiger partial charge in [-0.2, -0.15) is 15.8 Å². The molecule has 3 unspecified atom stereocenters. The van der Waals surface area contributed by atoms with Crippen molar-refractivity contribution in [1.29, 1.82) is 15.8 Å². The van der Waals surface area contributed by atoms with Crippen molar-refractivity contribution in [3.05, 3.63) is 56.5 Å². The molecular weight excluding hydrogens is 1200 g/mol. The zero-order valence-corrected chi connectivity index (χ0v) is 61.0.